The molecule has 5 nitrogen and oxygen atoms in total. The lowest BCUT2D eigenvalue weighted by molar-refractivity contribution is 0.0693. The summed E-state index contributed by atoms with van der Waals surface area (Å²) in [4.78, 5) is 20.1. The highest BCUT2D eigenvalue weighted by Crippen LogP contribution is 2.42. The number of hydrogen-bond acceptors (Lipinski definition) is 3. The molecule has 5 heteroatoms. The third-order valence-electron chi connectivity index (χ3n) is 6.50. The van der Waals surface area contributed by atoms with E-state index in [0.717, 1.165) is 52.9 Å². The van der Waals surface area contributed by atoms with E-state index < -0.39 is 5.97 Å². The molecular formula is C25H25N3O2. The van der Waals surface area contributed by atoms with Gasteiger partial charge in [-0.2, -0.15) is 0 Å². The van der Waals surface area contributed by atoms with Gasteiger partial charge in [0.15, 0.2) is 0 Å². The number of aromatic carboxylic acids is 1. The number of fused-ring (bicyclic) bond motifs is 3. The van der Waals surface area contributed by atoms with Crippen molar-refractivity contribution in [2.75, 3.05) is 0 Å². The van der Waals surface area contributed by atoms with Crippen LogP contribution in [0.25, 0.3) is 23.4 Å². The van der Waals surface area contributed by atoms with Crippen LogP contribution in [0, 0.1) is 5.92 Å². The molecule has 0 bridgehead atoms. The van der Waals surface area contributed by atoms with E-state index in [1.807, 2.05) is 54.7 Å². The Kier molecular flexibility index (Phi) is 4.75. The summed E-state index contributed by atoms with van der Waals surface area (Å²) in [5.41, 5.74) is 13.5. The van der Waals surface area contributed by atoms with Gasteiger partial charge in [-0.15, -0.1) is 0 Å². The first kappa shape index (κ1) is 18.8. The molecule has 1 fully saturated rings. The number of carboxylic acid groups (broad SMARTS) is 1. The van der Waals surface area contributed by atoms with Gasteiger partial charge in [0.2, 0.25) is 0 Å². The first-order valence-corrected chi connectivity index (χ1v) is 10.6. The Bertz CT molecular complexity index is 1130. The van der Waals surface area contributed by atoms with Crippen molar-refractivity contribution in [1.82, 2.24) is 9.97 Å². The highest BCUT2D eigenvalue weighted by atomic mass is 16.4. The van der Waals surface area contributed by atoms with Crippen LogP contribution in [-0.2, 0) is 12.8 Å². The van der Waals surface area contributed by atoms with Crippen LogP contribution < -0.4 is 5.73 Å². The molecule has 1 atom stereocenters. The predicted molar refractivity (Wildman–Crippen MR) is 118 cm³/mol. The maximum absolute atomic E-state index is 12.1. The van der Waals surface area contributed by atoms with Crippen molar-refractivity contribution in [1.29, 1.82) is 0 Å². The molecule has 0 amide bonds. The van der Waals surface area contributed by atoms with Gasteiger partial charge >= 0.3 is 5.97 Å². The number of carbonyl (C=O) groups is 1. The number of pyridine rings is 1. The zero-order chi connectivity index (χ0) is 20.7. The van der Waals surface area contributed by atoms with Crippen LogP contribution in [0.3, 0.4) is 0 Å². The number of nitrogens with zero attached hydrogens (tertiary/aromatic N) is 1. The SMILES string of the molecule is NC(c1[nH]c2c(c1C(=O)O)CCc1cnc(C=Cc3ccccc3)cc1-2)C1CCC1. The van der Waals surface area contributed by atoms with Gasteiger partial charge < -0.3 is 15.8 Å². The molecule has 1 unspecified atom stereocenters. The maximum Gasteiger partial charge on any atom is 0.337 e. The number of H-pyrrole nitrogens is 1. The summed E-state index contributed by atoms with van der Waals surface area (Å²) in [7, 11) is 0. The van der Waals surface area contributed by atoms with E-state index >= 15 is 0 Å². The molecular weight excluding hydrogens is 374 g/mol. The van der Waals surface area contributed by atoms with Gasteiger partial charge in [-0.05, 0) is 60.4 Å². The molecule has 0 radical (unpaired) electrons. The molecule has 2 aliphatic rings. The summed E-state index contributed by atoms with van der Waals surface area (Å²) in [6, 6.07) is 11.9. The van der Waals surface area contributed by atoms with Gasteiger partial charge in [0.25, 0.3) is 0 Å². The molecule has 0 aliphatic heterocycles. The van der Waals surface area contributed by atoms with E-state index in [-0.39, 0.29) is 6.04 Å². The van der Waals surface area contributed by atoms with Crippen LogP contribution >= 0.6 is 0 Å². The lowest BCUT2D eigenvalue weighted by Crippen LogP contribution is -2.28. The molecule has 1 aromatic carbocycles. The van der Waals surface area contributed by atoms with Crippen molar-refractivity contribution in [3.8, 4) is 11.3 Å². The van der Waals surface area contributed by atoms with Crippen LogP contribution in [0.5, 0.6) is 0 Å². The summed E-state index contributed by atoms with van der Waals surface area (Å²) in [5, 5.41) is 9.95. The molecule has 2 aromatic heterocycles. The van der Waals surface area contributed by atoms with E-state index in [1.54, 1.807) is 0 Å². The number of aromatic amines is 1. The topological polar surface area (TPSA) is 92.0 Å². The first-order valence-electron chi connectivity index (χ1n) is 10.6. The van der Waals surface area contributed by atoms with Crippen LogP contribution in [0.2, 0.25) is 0 Å². The molecule has 30 heavy (non-hydrogen) atoms. The van der Waals surface area contributed by atoms with Crippen molar-refractivity contribution in [2.45, 2.75) is 38.1 Å². The summed E-state index contributed by atoms with van der Waals surface area (Å²) < 4.78 is 0. The first-order chi connectivity index (χ1) is 14.6. The number of nitrogens with two attached hydrogens (primary N) is 1. The zero-order valence-corrected chi connectivity index (χ0v) is 16.8. The van der Waals surface area contributed by atoms with Gasteiger partial charge in [0, 0.05) is 23.5 Å². The molecule has 1 saturated carbocycles. The van der Waals surface area contributed by atoms with Gasteiger partial charge in [0.05, 0.1) is 17.0 Å². The van der Waals surface area contributed by atoms with Crippen molar-refractivity contribution in [2.24, 2.45) is 11.7 Å². The minimum absolute atomic E-state index is 0.252. The van der Waals surface area contributed by atoms with Gasteiger partial charge in [0.1, 0.15) is 0 Å². The van der Waals surface area contributed by atoms with Crippen LogP contribution in [0.15, 0.2) is 42.6 Å². The largest absolute Gasteiger partial charge is 0.478 e. The van der Waals surface area contributed by atoms with Gasteiger partial charge in [-0.25, -0.2) is 4.79 Å². The predicted octanol–water partition coefficient (Wildman–Crippen LogP) is 4.84. The number of rotatable bonds is 5. The number of benzene rings is 1. The minimum atomic E-state index is -0.890. The quantitative estimate of drug-likeness (QED) is 0.572. The molecule has 0 spiro atoms. The monoisotopic (exact) mass is 399 g/mol. The van der Waals surface area contributed by atoms with Crippen molar-refractivity contribution in [3.05, 3.63) is 76.2 Å². The second-order valence-electron chi connectivity index (χ2n) is 8.30. The standard InChI is InChI=1S/C25H25N3O2/c26-22(16-7-4-8-16)24-21(25(29)30)19-12-10-17-14-27-18(13-20(17)23(19)28-24)11-9-15-5-2-1-3-6-15/h1-3,5-6,9,11,13-14,16,22,28H,4,7-8,10,12,26H2,(H,29,30). The van der Waals surface area contributed by atoms with E-state index in [1.165, 1.54) is 6.42 Å². The van der Waals surface area contributed by atoms with Crippen molar-refractivity contribution >= 4 is 18.1 Å². The second kappa shape index (κ2) is 7.58. The lowest BCUT2D eigenvalue weighted by atomic mass is 9.78. The summed E-state index contributed by atoms with van der Waals surface area (Å²) in [5.74, 6) is -0.525. The zero-order valence-electron chi connectivity index (χ0n) is 16.8. The Balaban J connectivity index is 1.55. The van der Waals surface area contributed by atoms with Gasteiger partial charge in [-0.1, -0.05) is 42.8 Å². The average molecular weight is 399 g/mol. The summed E-state index contributed by atoms with van der Waals surface area (Å²) >= 11 is 0. The fourth-order valence-electron chi connectivity index (χ4n) is 4.60. The summed E-state index contributed by atoms with van der Waals surface area (Å²) in [6.07, 6.45) is 10.7. The Morgan fingerprint density at radius 1 is 1.20 bits per heavy atom. The fraction of sp³-hybridized carbons (Fsp3) is 0.280. The number of aryl methyl sites for hydroxylation is 1. The number of hydrogen-bond donors (Lipinski definition) is 3. The Morgan fingerprint density at radius 2 is 2.00 bits per heavy atom. The molecule has 3 aromatic rings. The number of aromatic nitrogens is 2. The van der Waals surface area contributed by atoms with Crippen LogP contribution in [-0.4, -0.2) is 21.0 Å². The smallest absolute Gasteiger partial charge is 0.337 e. The molecule has 4 N–H and O–H groups in total. The molecule has 5 rings (SSSR count). The summed E-state index contributed by atoms with van der Waals surface area (Å²) in [6.45, 7) is 0. The van der Waals surface area contributed by atoms with Crippen molar-refractivity contribution in [3.63, 3.8) is 0 Å². The molecule has 152 valence electrons. The third kappa shape index (κ3) is 3.25. The van der Waals surface area contributed by atoms with E-state index in [9.17, 15) is 9.90 Å². The number of nitrogens with one attached hydrogen (secondary N) is 1. The highest BCUT2D eigenvalue weighted by molar-refractivity contribution is 5.95. The molecule has 2 heterocycles. The van der Waals surface area contributed by atoms with E-state index in [4.69, 9.17) is 5.73 Å². The second-order valence-corrected chi connectivity index (χ2v) is 8.30. The number of carboxylic acids is 1. The molecule has 0 saturated heterocycles. The van der Waals surface area contributed by atoms with Crippen LogP contribution in [0.1, 0.15) is 63.7 Å². The lowest BCUT2D eigenvalue weighted by Gasteiger charge is -2.31. The Labute approximate surface area is 175 Å². The normalized spacial score (nSPS) is 16.7. The Morgan fingerprint density at radius 3 is 2.70 bits per heavy atom. The van der Waals surface area contributed by atoms with Crippen LogP contribution in [0.4, 0.5) is 0 Å². The Hall–Kier alpha value is -3.18. The average Bonchev–Trinajstić information content (AvgIpc) is 3.12. The maximum atomic E-state index is 12.1. The molecule has 2 aliphatic carbocycles. The third-order valence-corrected chi connectivity index (χ3v) is 6.50. The fourth-order valence-corrected chi connectivity index (χ4v) is 4.60. The highest BCUT2D eigenvalue weighted by Gasteiger charge is 2.34. The van der Waals surface area contributed by atoms with E-state index in [2.05, 4.69) is 9.97 Å². The van der Waals surface area contributed by atoms with Crippen molar-refractivity contribution < 1.29 is 9.90 Å². The van der Waals surface area contributed by atoms with Gasteiger partial charge in [-0.3, -0.25) is 4.98 Å². The minimum Gasteiger partial charge on any atom is -0.478 e. The van der Waals surface area contributed by atoms with E-state index in [0.29, 0.717) is 23.6 Å².